The summed E-state index contributed by atoms with van der Waals surface area (Å²) >= 11 is 5.83. The van der Waals surface area contributed by atoms with Crippen molar-refractivity contribution in [1.82, 2.24) is 0 Å². The van der Waals surface area contributed by atoms with E-state index in [1.807, 2.05) is 6.92 Å². The van der Waals surface area contributed by atoms with Crippen LogP contribution in [0.4, 0.5) is 5.69 Å². The predicted octanol–water partition coefficient (Wildman–Crippen LogP) is 2.92. The molecule has 0 radical (unpaired) electrons. The molecular formula is C14H13ClN2O3. The third-order valence-corrected chi connectivity index (χ3v) is 3.81. The van der Waals surface area contributed by atoms with Gasteiger partial charge in [0.15, 0.2) is 0 Å². The summed E-state index contributed by atoms with van der Waals surface area (Å²) in [6.45, 7) is 1.99. The molecule has 0 bridgehead atoms. The molecule has 0 aromatic heterocycles. The van der Waals surface area contributed by atoms with Crippen molar-refractivity contribution in [3.05, 3.63) is 28.8 Å². The molecule has 5 nitrogen and oxygen atoms in total. The van der Waals surface area contributed by atoms with E-state index in [0.29, 0.717) is 24.4 Å². The molecular weight excluding hydrogens is 280 g/mol. The Balaban J connectivity index is 2.15. The van der Waals surface area contributed by atoms with Crippen molar-refractivity contribution in [3.63, 3.8) is 0 Å². The lowest BCUT2D eigenvalue weighted by atomic mass is 9.63. The summed E-state index contributed by atoms with van der Waals surface area (Å²) in [6.07, 6.45) is 1.08. The minimum absolute atomic E-state index is 0.0306. The van der Waals surface area contributed by atoms with Crippen molar-refractivity contribution in [2.75, 3.05) is 5.32 Å². The van der Waals surface area contributed by atoms with Crippen molar-refractivity contribution in [2.24, 2.45) is 11.3 Å². The maximum atomic E-state index is 12.1. The Morgan fingerprint density at radius 3 is 2.60 bits per heavy atom. The molecule has 0 unspecified atom stereocenters. The van der Waals surface area contributed by atoms with Gasteiger partial charge in [0.2, 0.25) is 5.91 Å². The molecule has 2 N–H and O–H groups in total. The van der Waals surface area contributed by atoms with Gasteiger partial charge in [-0.15, -0.1) is 0 Å². The van der Waals surface area contributed by atoms with Gasteiger partial charge in [0.05, 0.1) is 16.7 Å². The first-order valence-electron chi connectivity index (χ1n) is 6.13. The number of carbonyl (C=O) groups is 2. The third-order valence-electron chi connectivity index (χ3n) is 3.50. The standard InChI is InChI=1S/C14H13ClN2O3/c1-8-5-14(6-8,7-16)13(20)17-9-2-3-10(12(18)19)11(15)4-9/h2-4,8H,5-6H2,1H3,(H,17,20)(H,18,19). The van der Waals surface area contributed by atoms with Crippen LogP contribution in [-0.4, -0.2) is 17.0 Å². The molecule has 1 aliphatic rings. The fourth-order valence-corrected chi connectivity index (χ4v) is 2.74. The Labute approximate surface area is 121 Å². The highest BCUT2D eigenvalue weighted by molar-refractivity contribution is 6.33. The van der Waals surface area contributed by atoms with E-state index in [4.69, 9.17) is 22.0 Å². The van der Waals surface area contributed by atoms with Crippen LogP contribution in [0.2, 0.25) is 5.02 Å². The number of nitrogens with zero attached hydrogens (tertiary/aromatic N) is 1. The fourth-order valence-electron chi connectivity index (χ4n) is 2.47. The molecule has 0 aliphatic heterocycles. The normalized spacial score (nSPS) is 24.4. The van der Waals surface area contributed by atoms with Crippen LogP contribution >= 0.6 is 11.6 Å². The predicted molar refractivity (Wildman–Crippen MR) is 73.5 cm³/mol. The van der Waals surface area contributed by atoms with Gasteiger partial charge in [-0.05, 0) is 37.0 Å². The molecule has 1 aromatic carbocycles. The quantitative estimate of drug-likeness (QED) is 0.896. The Morgan fingerprint density at radius 1 is 1.50 bits per heavy atom. The molecule has 1 aliphatic carbocycles. The van der Waals surface area contributed by atoms with E-state index in [9.17, 15) is 9.59 Å². The lowest BCUT2D eigenvalue weighted by Crippen LogP contribution is -2.45. The number of anilines is 1. The highest BCUT2D eigenvalue weighted by atomic mass is 35.5. The maximum absolute atomic E-state index is 12.1. The van der Waals surface area contributed by atoms with E-state index in [2.05, 4.69) is 11.4 Å². The molecule has 0 heterocycles. The minimum atomic E-state index is -1.13. The van der Waals surface area contributed by atoms with Gasteiger partial charge in [0, 0.05) is 5.69 Å². The summed E-state index contributed by atoms with van der Waals surface area (Å²) in [4.78, 5) is 23.0. The Kier molecular flexibility index (Phi) is 3.69. The molecule has 1 amide bonds. The Hall–Kier alpha value is -2.06. The summed E-state index contributed by atoms with van der Waals surface area (Å²) in [5.74, 6) is -1.13. The van der Waals surface area contributed by atoms with Crippen LogP contribution in [0.25, 0.3) is 0 Å². The van der Waals surface area contributed by atoms with Gasteiger partial charge in [-0.25, -0.2) is 4.79 Å². The van der Waals surface area contributed by atoms with Gasteiger partial charge in [-0.1, -0.05) is 18.5 Å². The first-order chi connectivity index (χ1) is 9.38. The van der Waals surface area contributed by atoms with Crippen molar-refractivity contribution in [1.29, 1.82) is 5.26 Å². The highest BCUT2D eigenvalue weighted by Crippen LogP contribution is 2.45. The Bertz CT molecular complexity index is 615. The smallest absolute Gasteiger partial charge is 0.337 e. The Morgan fingerprint density at radius 2 is 2.15 bits per heavy atom. The monoisotopic (exact) mass is 292 g/mol. The van der Waals surface area contributed by atoms with Gasteiger partial charge in [-0.2, -0.15) is 5.26 Å². The van der Waals surface area contributed by atoms with Crippen molar-refractivity contribution >= 4 is 29.2 Å². The number of nitriles is 1. The van der Waals surface area contributed by atoms with Crippen LogP contribution in [0.1, 0.15) is 30.1 Å². The molecule has 2 rings (SSSR count). The van der Waals surface area contributed by atoms with Crippen LogP contribution in [0.3, 0.4) is 0 Å². The van der Waals surface area contributed by atoms with Crippen molar-refractivity contribution in [2.45, 2.75) is 19.8 Å². The van der Waals surface area contributed by atoms with E-state index in [1.165, 1.54) is 18.2 Å². The van der Waals surface area contributed by atoms with Crippen LogP contribution < -0.4 is 5.32 Å². The molecule has 0 atom stereocenters. The number of hydrogen-bond donors (Lipinski definition) is 2. The van der Waals surface area contributed by atoms with Crippen molar-refractivity contribution < 1.29 is 14.7 Å². The van der Waals surface area contributed by atoms with Gasteiger partial charge >= 0.3 is 5.97 Å². The number of carbonyl (C=O) groups excluding carboxylic acids is 1. The topological polar surface area (TPSA) is 90.2 Å². The summed E-state index contributed by atoms with van der Waals surface area (Å²) in [5, 5.41) is 20.7. The van der Waals surface area contributed by atoms with E-state index in [0.717, 1.165) is 0 Å². The van der Waals surface area contributed by atoms with E-state index >= 15 is 0 Å². The molecule has 20 heavy (non-hydrogen) atoms. The van der Waals surface area contributed by atoms with Crippen molar-refractivity contribution in [3.8, 4) is 6.07 Å². The van der Waals surface area contributed by atoms with Crippen LogP contribution in [0.5, 0.6) is 0 Å². The zero-order valence-electron chi connectivity index (χ0n) is 10.8. The molecule has 1 saturated carbocycles. The fraction of sp³-hybridized carbons (Fsp3) is 0.357. The number of aromatic carboxylic acids is 1. The number of hydrogen-bond acceptors (Lipinski definition) is 3. The number of benzene rings is 1. The van der Waals surface area contributed by atoms with Gasteiger partial charge in [0.1, 0.15) is 5.41 Å². The number of rotatable bonds is 3. The lowest BCUT2D eigenvalue weighted by Gasteiger charge is -2.39. The zero-order valence-corrected chi connectivity index (χ0v) is 11.6. The SMILES string of the molecule is CC1CC(C#N)(C(=O)Nc2ccc(C(=O)O)c(Cl)c2)C1. The second kappa shape index (κ2) is 5.14. The van der Waals surface area contributed by atoms with Crippen LogP contribution in [0, 0.1) is 22.7 Å². The molecule has 0 saturated heterocycles. The summed E-state index contributed by atoms with van der Waals surface area (Å²) in [7, 11) is 0. The minimum Gasteiger partial charge on any atom is -0.478 e. The summed E-state index contributed by atoms with van der Waals surface area (Å²) < 4.78 is 0. The number of halogens is 1. The molecule has 104 valence electrons. The second-order valence-electron chi connectivity index (χ2n) is 5.16. The zero-order chi connectivity index (χ0) is 14.9. The summed E-state index contributed by atoms with van der Waals surface area (Å²) in [5.41, 5.74) is -0.617. The van der Waals surface area contributed by atoms with Crippen LogP contribution in [0.15, 0.2) is 18.2 Å². The second-order valence-corrected chi connectivity index (χ2v) is 5.57. The van der Waals surface area contributed by atoms with E-state index in [1.54, 1.807) is 0 Å². The third kappa shape index (κ3) is 2.47. The number of nitrogens with one attached hydrogen (secondary N) is 1. The first-order valence-corrected chi connectivity index (χ1v) is 6.51. The number of carboxylic acids is 1. The number of carboxylic acid groups (broad SMARTS) is 1. The molecule has 1 aromatic rings. The largest absolute Gasteiger partial charge is 0.478 e. The lowest BCUT2D eigenvalue weighted by molar-refractivity contribution is -0.128. The number of amides is 1. The van der Waals surface area contributed by atoms with E-state index in [-0.39, 0.29) is 16.5 Å². The first kappa shape index (κ1) is 14.4. The summed E-state index contributed by atoms with van der Waals surface area (Å²) in [6, 6.07) is 6.22. The molecule has 1 fully saturated rings. The van der Waals surface area contributed by atoms with E-state index < -0.39 is 11.4 Å². The maximum Gasteiger partial charge on any atom is 0.337 e. The van der Waals surface area contributed by atoms with Gasteiger partial charge in [-0.3, -0.25) is 4.79 Å². The van der Waals surface area contributed by atoms with Crippen LogP contribution in [-0.2, 0) is 4.79 Å². The average molecular weight is 293 g/mol. The highest BCUT2D eigenvalue weighted by Gasteiger charge is 2.48. The average Bonchev–Trinajstić information content (AvgIpc) is 2.34. The molecule has 0 spiro atoms. The van der Waals surface area contributed by atoms with Gasteiger partial charge in [0.25, 0.3) is 0 Å². The van der Waals surface area contributed by atoms with Gasteiger partial charge < -0.3 is 10.4 Å². The molecule has 6 heteroatoms.